The highest BCUT2D eigenvalue weighted by molar-refractivity contribution is 5.97. The maximum atomic E-state index is 12.0. The Kier molecular flexibility index (Phi) is 6.95. The number of hydrogen-bond acceptors (Lipinski definition) is 5. The van der Waals surface area contributed by atoms with Crippen LogP contribution in [0.5, 0.6) is 0 Å². The number of rotatable bonds is 7. The van der Waals surface area contributed by atoms with Crippen LogP contribution in [0.15, 0.2) is 12.0 Å². The number of carbonyl (C=O) groups is 2. The topological polar surface area (TPSA) is 67.9 Å². The summed E-state index contributed by atoms with van der Waals surface area (Å²) in [5, 5.41) is 2.70. The first kappa shape index (κ1) is 18.9. The minimum Gasteiger partial charge on any atom is -0.482 e. The first-order valence-corrected chi connectivity index (χ1v) is 7.75. The fourth-order valence-electron chi connectivity index (χ4n) is 2.34. The molecule has 0 bridgehead atoms. The fourth-order valence-corrected chi connectivity index (χ4v) is 2.34. The van der Waals surface area contributed by atoms with E-state index in [1.54, 1.807) is 4.90 Å². The lowest BCUT2D eigenvalue weighted by molar-refractivity contribution is -0.117. The Morgan fingerprint density at radius 3 is 2.70 bits per heavy atom. The van der Waals surface area contributed by atoms with Crippen molar-refractivity contribution < 1.29 is 19.1 Å². The number of alkyl carbamates (subject to hydrolysis) is 1. The monoisotopic (exact) mass is 322 g/mol. The summed E-state index contributed by atoms with van der Waals surface area (Å²) in [6.07, 6.45) is 8.62. The zero-order valence-corrected chi connectivity index (χ0v) is 14.3. The molecule has 1 rings (SSSR count). The van der Waals surface area contributed by atoms with Crippen LogP contribution >= 0.6 is 0 Å². The van der Waals surface area contributed by atoms with Gasteiger partial charge in [0.05, 0.1) is 19.7 Å². The molecule has 1 atom stereocenters. The molecule has 6 nitrogen and oxygen atoms in total. The number of terminal acetylenes is 1. The summed E-state index contributed by atoms with van der Waals surface area (Å²) in [5.41, 5.74) is -0.502. The van der Waals surface area contributed by atoms with Gasteiger partial charge >= 0.3 is 6.09 Å². The van der Waals surface area contributed by atoms with E-state index in [0.717, 1.165) is 12.8 Å². The summed E-state index contributed by atoms with van der Waals surface area (Å²) in [4.78, 5) is 25.3. The third-order valence-electron chi connectivity index (χ3n) is 3.30. The van der Waals surface area contributed by atoms with Crippen LogP contribution in [0.1, 0.15) is 40.0 Å². The highest BCUT2D eigenvalue weighted by atomic mass is 16.6. The molecule has 0 spiro atoms. The maximum absolute atomic E-state index is 12.0. The second-order valence-corrected chi connectivity index (χ2v) is 6.36. The smallest absolute Gasteiger partial charge is 0.407 e. The molecule has 0 saturated carbocycles. The molecule has 0 unspecified atom stereocenters. The molecular weight excluding hydrogens is 296 g/mol. The van der Waals surface area contributed by atoms with Crippen LogP contribution in [-0.2, 0) is 14.3 Å². The molecule has 23 heavy (non-hydrogen) atoms. The van der Waals surface area contributed by atoms with Gasteiger partial charge in [0, 0.05) is 12.6 Å². The largest absolute Gasteiger partial charge is 0.482 e. The van der Waals surface area contributed by atoms with Crippen LogP contribution in [0, 0.1) is 12.3 Å². The van der Waals surface area contributed by atoms with E-state index in [0.29, 0.717) is 25.4 Å². The van der Waals surface area contributed by atoms with E-state index >= 15 is 0 Å². The first-order chi connectivity index (χ1) is 10.8. The second kappa shape index (κ2) is 8.47. The van der Waals surface area contributed by atoms with E-state index in [1.807, 2.05) is 20.8 Å². The van der Waals surface area contributed by atoms with Gasteiger partial charge in [0.2, 0.25) is 0 Å². The molecule has 1 heterocycles. The number of amides is 1. The van der Waals surface area contributed by atoms with Crippen molar-refractivity contribution in [3.8, 4) is 12.3 Å². The van der Waals surface area contributed by atoms with E-state index in [-0.39, 0.29) is 11.8 Å². The van der Waals surface area contributed by atoms with Gasteiger partial charge in [-0.15, -0.1) is 6.42 Å². The molecule has 6 heteroatoms. The molecule has 0 radical (unpaired) electrons. The van der Waals surface area contributed by atoms with Crippen molar-refractivity contribution in [2.24, 2.45) is 0 Å². The normalized spacial score (nSPS) is 17.5. The Morgan fingerprint density at radius 1 is 1.43 bits per heavy atom. The number of methoxy groups -OCH3 is 1. The number of carbonyl (C=O) groups excluding carboxylic acids is 2. The SMILES string of the molecule is C#CCN1C(OC)=CC(=O)[C@H]1CCCCNC(=O)OC(C)(C)C. The van der Waals surface area contributed by atoms with Crippen LogP contribution in [0.3, 0.4) is 0 Å². The quantitative estimate of drug-likeness (QED) is 0.574. The third-order valence-corrected chi connectivity index (χ3v) is 3.30. The zero-order chi connectivity index (χ0) is 17.5. The summed E-state index contributed by atoms with van der Waals surface area (Å²) in [6.45, 7) is 6.30. The van der Waals surface area contributed by atoms with Gasteiger partial charge in [0.1, 0.15) is 5.60 Å². The Hall–Kier alpha value is -2.16. The van der Waals surface area contributed by atoms with Crippen LogP contribution in [0.2, 0.25) is 0 Å². The highest BCUT2D eigenvalue weighted by Gasteiger charge is 2.32. The van der Waals surface area contributed by atoms with E-state index < -0.39 is 11.7 Å². The van der Waals surface area contributed by atoms with Crippen molar-refractivity contribution in [3.63, 3.8) is 0 Å². The number of ether oxygens (including phenoxy) is 2. The predicted molar refractivity (Wildman–Crippen MR) is 87.5 cm³/mol. The Bertz CT molecular complexity index is 500. The van der Waals surface area contributed by atoms with Gasteiger partial charge in [-0.25, -0.2) is 4.79 Å². The van der Waals surface area contributed by atoms with E-state index in [4.69, 9.17) is 15.9 Å². The van der Waals surface area contributed by atoms with Gasteiger partial charge in [-0.1, -0.05) is 5.92 Å². The highest BCUT2D eigenvalue weighted by Crippen LogP contribution is 2.23. The minimum absolute atomic E-state index is 0.0113. The molecule has 128 valence electrons. The van der Waals surface area contributed by atoms with Crippen molar-refractivity contribution in [1.29, 1.82) is 0 Å². The lowest BCUT2D eigenvalue weighted by atomic mass is 10.1. The summed E-state index contributed by atoms with van der Waals surface area (Å²) in [5.74, 6) is 3.07. The Labute approximate surface area is 138 Å². The van der Waals surface area contributed by atoms with Crippen LogP contribution in [0.25, 0.3) is 0 Å². The molecular formula is C17H26N2O4. The van der Waals surface area contributed by atoms with E-state index in [9.17, 15) is 9.59 Å². The molecule has 1 N–H and O–H groups in total. The first-order valence-electron chi connectivity index (χ1n) is 7.75. The molecule has 0 aromatic heterocycles. The van der Waals surface area contributed by atoms with Crippen molar-refractivity contribution in [3.05, 3.63) is 12.0 Å². The average Bonchev–Trinajstić information content (AvgIpc) is 2.73. The third kappa shape index (κ3) is 6.23. The molecule has 0 aromatic carbocycles. The van der Waals surface area contributed by atoms with Crippen molar-refractivity contribution in [2.45, 2.75) is 51.7 Å². The van der Waals surface area contributed by atoms with E-state index in [2.05, 4.69) is 11.2 Å². The second-order valence-electron chi connectivity index (χ2n) is 6.36. The number of ketones is 1. The number of hydrogen-bond donors (Lipinski definition) is 1. The van der Waals surface area contributed by atoms with Crippen molar-refractivity contribution in [2.75, 3.05) is 20.2 Å². The van der Waals surface area contributed by atoms with Crippen molar-refractivity contribution >= 4 is 11.9 Å². The van der Waals surface area contributed by atoms with Crippen molar-refractivity contribution in [1.82, 2.24) is 10.2 Å². The summed E-state index contributed by atoms with van der Waals surface area (Å²) in [7, 11) is 1.52. The van der Waals surface area contributed by atoms with Crippen LogP contribution < -0.4 is 5.32 Å². The van der Waals surface area contributed by atoms with Gasteiger partial charge < -0.3 is 19.7 Å². The molecule has 0 saturated heterocycles. The summed E-state index contributed by atoms with van der Waals surface area (Å²) < 4.78 is 10.3. The fraction of sp³-hybridized carbons (Fsp3) is 0.647. The van der Waals surface area contributed by atoms with Gasteiger partial charge in [-0.2, -0.15) is 0 Å². The lowest BCUT2D eigenvalue weighted by Crippen LogP contribution is -2.35. The lowest BCUT2D eigenvalue weighted by Gasteiger charge is -2.25. The number of nitrogens with one attached hydrogen (secondary N) is 1. The molecule has 0 aliphatic carbocycles. The predicted octanol–water partition coefficient (Wildman–Crippen LogP) is 2.06. The minimum atomic E-state index is -0.502. The molecule has 1 aliphatic rings. The molecule has 0 aromatic rings. The average molecular weight is 322 g/mol. The zero-order valence-electron chi connectivity index (χ0n) is 14.3. The molecule has 1 aliphatic heterocycles. The standard InChI is InChI=1S/C17H26N2O4/c1-6-11-19-13(14(20)12-15(19)22-5)9-7-8-10-18-16(21)23-17(2,3)4/h1,12-13H,7-11H2,2-5H3,(H,18,21)/t13-/m1/s1. The van der Waals surface area contributed by atoms with Gasteiger partial charge in [-0.3, -0.25) is 4.79 Å². The molecule has 1 amide bonds. The van der Waals surface area contributed by atoms with Crippen LogP contribution in [0.4, 0.5) is 4.79 Å². The Morgan fingerprint density at radius 2 is 2.13 bits per heavy atom. The van der Waals surface area contributed by atoms with E-state index in [1.165, 1.54) is 13.2 Å². The van der Waals surface area contributed by atoms with Gasteiger partial charge in [-0.05, 0) is 40.0 Å². The van der Waals surface area contributed by atoms with Gasteiger partial charge in [0.25, 0.3) is 0 Å². The molecule has 0 fully saturated rings. The number of unbranched alkanes of at least 4 members (excludes halogenated alkanes) is 1. The summed E-state index contributed by atoms with van der Waals surface area (Å²) in [6, 6.07) is -0.275. The van der Waals surface area contributed by atoms with Gasteiger partial charge in [0.15, 0.2) is 11.7 Å². The van der Waals surface area contributed by atoms with Crippen LogP contribution in [-0.4, -0.2) is 48.6 Å². The number of nitrogens with zero attached hydrogens (tertiary/aromatic N) is 1. The summed E-state index contributed by atoms with van der Waals surface area (Å²) >= 11 is 0. The Balaban J connectivity index is 2.31. The maximum Gasteiger partial charge on any atom is 0.407 e.